The summed E-state index contributed by atoms with van der Waals surface area (Å²) < 4.78 is 36.9. The first kappa shape index (κ1) is 12.9. The van der Waals surface area contributed by atoms with Crippen molar-refractivity contribution < 1.29 is 13.2 Å². The van der Waals surface area contributed by atoms with Gasteiger partial charge >= 0.3 is 6.18 Å². The molecule has 1 atom stereocenters. The number of nitrogens with one attached hydrogen (secondary N) is 1. The summed E-state index contributed by atoms with van der Waals surface area (Å²) in [7, 11) is 0. The number of hydrogen-bond donors (Lipinski definition) is 1. The van der Waals surface area contributed by atoms with E-state index in [-0.39, 0.29) is 6.04 Å². The van der Waals surface area contributed by atoms with Crippen LogP contribution >= 0.6 is 0 Å². The molecule has 0 aliphatic carbocycles. The molecule has 1 unspecified atom stereocenters. The standard InChI is InChI=1S/C12H16F3N/c1-8(2)9(3)16-11-6-4-10(5-7-11)12(13,14)15/h4-9,16H,1-3H3. The smallest absolute Gasteiger partial charge is 0.382 e. The molecule has 1 nitrogen and oxygen atoms in total. The van der Waals surface area contributed by atoms with Gasteiger partial charge in [0.1, 0.15) is 0 Å². The molecular formula is C12H16F3N. The van der Waals surface area contributed by atoms with Crippen LogP contribution in [-0.4, -0.2) is 6.04 Å². The van der Waals surface area contributed by atoms with E-state index in [4.69, 9.17) is 0 Å². The summed E-state index contributed by atoms with van der Waals surface area (Å²) in [6, 6.07) is 5.34. The Hall–Kier alpha value is -1.19. The lowest BCUT2D eigenvalue weighted by Crippen LogP contribution is -2.21. The van der Waals surface area contributed by atoms with Crippen molar-refractivity contribution in [1.82, 2.24) is 0 Å². The summed E-state index contributed by atoms with van der Waals surface area (Å²) >= 11 is 0. The minimum absolute atomic E-state index is 0.233. The van der Waals surface area contributed by atoms with E-state index in [0.717, 1.165) is 12.1 Å². The zero-order valence-corrected chi connectivity index (χ0v) is 9.60. The fourth-order valence-electron chi connectivity index (χ4n) is 1.18. The van der Waals surface area contributed by atoms with Gasteiger partial charge in [-0.15, -0.1) is 0 Å². The lowest BCUT2D eigenvalue weighted by molar-refractivity contribution is -0.137. The summed E-state index contributed by atoms with van der Waals surface area (Å²) in [5.74, 6) is 0.433. The second-order valence-electron chi connectivity index (χ2n) is 4.25. The first-order chi connectivity index (χ1) is 7.30. The SMILES string of the molecule is CC(C)C(C)Nc1ccc(C(F)(F)F)cc1. The third-order valence-electron chi connectivity index (χ3n) is 2.61. The summed E-state index contributed by atoms with van der Waals surface area (Å²) in [5.41, 5.74) is 0.101. The van der Waals surface area contributed by atoms with E-state index >= 15 is 0 Å². The van der Waals surface area contributed by atoms with E-state index in [9.17, 15) is 13.2 Å². The number of anilines is 1. The van der Waals surface area contributed by atoms with Crippen molar-refractivity contribution in [3.63, 3.8) is 0 Å². The van der Waals surface area contributed by atoms with Crippen molar-refractivity contribution in [2.24, 2.45) is 5.92 Å². The Morgan fingerprint density at radius 1 is 1.00 bits per heavy atom. The van der Waals surface area contributed by atoms with Crippen LogP contribution in [0.2, 0.25) is 0 Å². The molecule has 1 rings (SSSR count). The van der Waals surface area contributed by atoms with Crippen LogP contribution in [0, 0.1) is 5.92 Å². The second kappa shape index (κ2) is 4.76. The molecule has 1 aromatic carbocycles. The van der Waals surface area contributed by atoms with Gasteiger partial charge in [-0.2, -0.15) is 13.2 Å². The van der Waals surface area contributed by atoms with Gasteiger partial charge in [0, 0.05) is 11.7 Å². The van der Waals surface area contributed by atoms with E-state index in [1.54, 1.807) is 0 Å². The highest BCUT2D eigenvalue weighted by Crippen LogP contribution is 2.29. The van der Waals surface area contributed by atoms with Gasteiger partial charge in [0.25, 0.3) is 0 Å². The Bertz CT molecular complexity index is 327. The molecule has 0 bridgehead atoms. The Kier molecular flexibility index (Phi) is 3.83. The van der Waals surface area contributed by atoms with Crippen LogP contribution in [0.25, 0.3) is 0 Å². The molecule has 1 aromatic rings. The van der Waals surface area contributed by atoms with E-state index in [0.29, 0.717) is 11.6 Å². The van der Waals surface area contributed by atoms with Crippen LogP contribution < -0.4 is 5.32 Å². The zero-order valence-electron chi connectivity index (χ0n) is 9.60. The van der Waals surface area contributed by atoms with E-state index in [2.05, 4.69) is 19.2 Å². The van der Waals surface area contributed by atoms with Crippen molar-refractivity contribution in [2.75, 3.05) is 5.32 Å². The normalized spacial score (nSPS) is 13.9. The maximum Gasteiger partial charge on any atom is 0.416 e. The molecule has 90 valence electrons. The van der Waals surface area contributed by atoms with Gasteiger partial charge in [-0.05, 0) is 37.1 Å². The van der Waals surface area contributed by atoms with Gasteiger partial charge < -0.3 is 5.32 Å². The van der Waals surface area contributed by atoms with Crippen molar-refractivity contribution >= 4 is 5.69 Å². The highest BCUT2D eigenvalue weighted by atomic mass is 19.4. The molecule has 16 heavy (non-hydrogen) atoms. The van der Waals surface area contributed by atoms with Crippen LogP contribution in [0.1, 0.15) is 26.3 Å². The highest BCUT2D eigenvalue weighted by molar-refractivity contribution is 5.45. The van der Waals surface area contributed by atoms with Crippen molar-refractivity contribution in [3.05, 3.63) is 29.8 Å². The number of rotatable bonds is 3. The zero-order chi connectivity index (χ0) is 12.3. The van der Waals surface area contributed by atoms with Gasteiger partial charge in [0.05, 0.1) is 5.56 Å². The topological polar surface area (TPSA) is 12.0 Å². The molecule has 0 radical (unpaired) electrons. The molecule has 0 heterocycles. The maximum absolute atomic E-state index is 12.3. The van der Waals surface area contributed by atoms with Gasteiger partial charge in [-0.25, -0.2) is 0 Å². The number of benzene rings is 1. The molecule has 1 N–H and O–H groups in total. The molecule has 0 aliphatic heterocycles. The summed E-state index contributed by atoms with van der Waals surface area (Å²) in [6.07, 6.45) is -4.26. The average molecular weight is 231 g/mol. The van der Waals surface area contributed by atoms with E-state index < -0.39 is 11.7 Å². The van der Waals surface area contributed by atoms with Crippen LogP contribution in [0.3, 0.4) is 0 Å². The quantitative estimate of drug-likeness (QED) is 0.823. The predicted molar refractivity (Wildman–Crippen MR) is 59.4 cm³/mol. The van der Waals surface area contributed by atoms with Crippen LogP contribution in [0.5, 0.6) is 0 Å². The Morgan fingerprint density at radius 3 is 1.88 bits per heavy atom. The summed E-state index contributed by atoms with van der Waals surface area (Å²) in [4.78, 5) is 0. The number of alkyl halides is 3. The van der Waals surface area contributed by atoms with Crippen LogP contribution in [0.15, 0.2) is 24.3 Å². The van der Waals surface area contributed by atoms with Crippen molar-refractivity contribution in [1.29, 1.82) is 0 Å². The van der Waals surface area contributed by atoms with Crippen LogP contribution in [0.4, 0.5) is 18.9 Å². The molecule has 0 fully saturated rings. The van der Waals surface area contributed by atoms with Gasteiger partial charge in [-0.3, -0.25) is 0 Å². The maximum atomic E-state index is 12.3. The third-order valence-corrected chi connectivity index (χ3v) is 2.61. The van der Waals surface area contributed by atoms with E-state index in [1.807, 2.05) is 6.92 Å². The molecule has 0 saturated heterocycles. The Labute approximate surface area is 93.7 Å². The van der Waals surface area contributed by atoms with Crippen LogP contribution in [-0.2, 0) is 6.18 Å². The number of halogens is 3. The van der Waals surface area contributed by atoms with E-state index in [1.165, 1.54) is 12.1 Å². The fourth-order valence-corrected chi connectivity index (χ4v) is 1.18. The largest absolute Gasteiger partial charge is 0.416 e. The van der Waals surface area contributed by atoms with Gasteiger partial charge in [-0.1, -0.05) is 13.8 Å². The average Bonchev–Trinajstić information content (AvgIpc) is 2.17. The summed E-state index contributed by atoms with van der Waals surface area (Å²) in [5, 5.41) is 3.15. The highest BCUT2D eigenvalue weighted by Gasteiger charge is 2.29. The molecular weight excluding hydrogens is 215 g/mol. The molecule has 0 saturated carbocycles. The predicted octanol–water partition coefficient (Wildman–Crippen LogP) is 4.16. The number of hydrogen-bond acceptors (Lipinski definition) is 1. The first-order valence-electron chi connectivity index (χ1n) is 5.24. The fraction of sp³-hybridized carbons (Fsp3) is 0.500. The minimum atomic E-state index is -4.26. The molecule has 0 amide bonds. The Morgan fingerprint density at radius 2 is 1.50 bits per heavy atom. The molecule has 0 aromatic heterocycles. The monoisotopic (exact) mass is 231 g/mol. The lowest BCUT2D eigenvalue weighted by Gasteiger charge is -2.19. The first-order valence-corrected chi connectivity index (χ1v) is 5.24. The van der Waals surface area contributed by atoms with Crippen molar-refractivity contribution in [2.45, 2.75) is 33.0 Å². The third kappa shape index (κ3) is 3.43. The van der Waals surface area contributed by atoms with Gasteiger partial charge in [0.15, 0.2) is 0 Å². The van der Waals surface area contributed by atoms with Crippen molar-refractivity contribution in [3.8, 4) is 0 Å². The summed E-state index contributed by atoms with van der Waals surface area (Å²) in [6.45, 7) is 6.12. The molecule has 4 heteroatoms. The molecule has 0 spiro atoms. The molecule has 0 aliphatic rings. The lowest BCUT2D eigenvalue weighted by atomic mass is 10.1. The van der Waals surface area contributed by atoms with Gasteiger partial charge in [0.2, 0.25) is 0 Å². The second-order valence-corrected chi connectivity index (χ2v) is 4.25. The minimum Gasteiger partial charge on any atom is -0.382 e. The Balaban J connectivity index is 2.72.